The second-order valence-electron chi connectivity index (χ2n) is 5.22. The molecule has 0 heterocycles. The lowest BCUT2D eigenvalue weighted by atomic mass is 10.1. The number of halogens is 1. The molecule has 2 aromatic rings. The van der Waals surface area contributed by atoms with Crippen LogP contribution in [-0.4, -0.2) is 19.1 Å². The van der Waals surface area contributed by atoms with E-state index in [2.05, 4.69) is 21.2 Å². The Morgan fingerprint density at radius 1 is 1.09 bits per heavy atom. The van der Waals surface area contributed by atoms with Crippen molar-refractivity contribution in [3.8, 4) is 5.75 Å². The molecule has 22 heavy (non-hydrogen) atoms. The highest BCUT2D eigenvalue weighted by molar-refractivity contribution is 9.10. The molecular formula is C18H20BrNO2. The average molecular weight is 362 g/mol. The Labute approximate surface area is 139 Å². The first kappa shape index (κ1) is 16.6. The number of ether oxygens (including phenoxy) is 1. The minimum absolute atomic E-state index is 0.00688. The third kappa shape index (κ3) is 4.88. The summed E-state index contributed by atoms with van der Waals surface area (Å²) in [6.45, 7) is 5.02. The summed E-state index contributed by atoms with van der Waals surface area (Å²) in [5.74, 6) is 0.914. The summed E-state index contributed by atoms with van der Waals surface area (Å²) >= 11 is 3.38. The van der Waals surface area contributed by atoms with Gasteiger partial charge in [0.15, 0.2) is 0 Å². The van der Waals surface area contributed by atoms with Crippen molar-refractivity contribution in [2.75, 3.05) is 13.2 Å². The van der Waals surface area contributed by atoms with Crippen molar-refractivity contribution in [1.29, 1.82) is 0 Å². The van der Waals surface area contributed by atoms with Crippen LogP contribution < -0.4 is 10.1 Å². The molecule has 0 aliphatic heterocycles. The highest BCUT2D eigenvalue weighted by atomic mass is 79.9. The Balaban J connectivity index is 1.74. The molecule has 3 nitrogen and oxygen atoms in total. The van der Waals surface area contributed by atoms with Crippen molar-refractivity contribution in [2.24, 2.45) is 0 Å². The smallest absolute Gasteiger partial charge is 0.224 e. The van der Waals surface area contributed by atoms with E-state index in [0.29, 0.717) is 19.6 Å². The second kappa shape index (κ2) is 7.99. The maximum atomic E-state index is 11.9. The molecule has 2 rings (SSSR count). The van der Waals surface area contributed by atoms with Crippen LogP contribution in [0.25, 0.3) is 0 Å². The van der Waals surface area contributed by atoms with Gasteiger partial charge in [-0.15, -0.1) is 0 Å². The molecule has 0 aliphatic rings. The number of hydrogen-bond donors (Lipinski definition) is 1. The Morgan fingerprint density at radius 2 is 1.73 bits per heavy atom. The van der Waals surface area contributed by atoms with Crippen LogP contribution in [-0.2, 0) is 11.2 Å². The monoisotopic (exact) mass is 361 g/mol. The van der Waals surface area contributed by atoms with Gasteiger partial charge in [0.25, 0.3) is 0 Å². The van der Waals surface area contributed by atoms with Gasteiger partial charge in [-0.2, -0.15) is 0 Å². The zero-order valence-electron chi connectivity index (χ0n) is 12.9. The molecule has 0 saturated carbocycles. The fraction of sp³-hybridized carbons (Fsp3) is 0.278. The van der Waals surface area contributed by atoms with E-state index in [9.17, 15) is 4.79 Å². The molecular weight excluding hydrogens is 342 g/mol. The van der Waals surface area contributed by atoms with E-state index >= 15 is 0 Å². The van der Waals surface area contributed by atoms with Gasteiger partial charge in [0.2, 0.25) is 5.91 Å². The van der Waals surface area contributed by atoms with Crippen LogP contribution in [0.3, 0.4) is 0 Å². The van der Waals surface area contributed by atoms with Gasteiger partial charge < -0.3 is 10.1 Å². The first-order valence-corrected chi connectivity index (χ1v) is 8.05. The minimum Gasteiger partial charge on any atom is -0.491 e. The molecule has 4 heteroatoms. The Hall–Kier alpha value is -1.81. The van der Waals surface area contributed by atoms with E-state index in [1.807, 2.05) is 56.3 Å². The first-order chi connectivity index (χ1) is 10.6. The highest BCUT2D eigenvalue weighted by Crippen LogP contribution is 2.21. The molecule has 0 aliphatic carbocycles. The van der Waals surface area contributed by atoms with E-state index < -0.39 is 0 Å². The number of para-hydroxylation sites is 1. The minimum atomic E-state index is 0.00688. The van der Waals surface area contributed by atoms with Gasteiger partial charge in [0, 0.05) is 4.47 Å². The fourth-order valence-electron chi connectivity index (χ4n) is 2.22. The maximum Gasteiger partial charge on any atom is 0.224 e. The number of amides is 1. The predicted octanol–water partition coefficient (Wildman–Crippen LogP) is 3.80. The topological polar surface area (TPSA) is 38.3 Å². The van der Waals surface area contributed by atoms with E-state index in [-0.39, 0.29) is 5.91 Å². The van der Waals surface area contributed by atoms with Gasteiger partial charge in [-0.3, -0.25) is 4.79 Å². The summed E-state index contributed by atoms with van der Waals surface area (Å²) < 4.78 is 6.78. The van der Waals surface area contributed by atoms with Gasteiger partial charge in [0.05, 0.1) is 13.0 Å². The maximum absolute atomic E-state index is 11.9. The summed E-state index contributed by atoms with van der Waals surface area (Å²) in [6.07, 6.45) is 0.386. The summed E-state index contributed by atoms with van der Waals surface area (Å²) in [7, 11) is 0. The SMILES string of the molecule is Cc1cccc(C)c1OCCNC(=O)Cc1ccc(Br)cc1. The molecule has 0 unspecified atom stereocenters. The molecule has 0 bridgehead atoms. The molecule has 0 aromatic heterocycles. The van der Waals surface area contributed by atoms with Crippen molar-refractivity contribution >= 4 is 21.8 Å². The van der Waals surface area contributed by atoms with Crippen molar-refractivity contribution in [1.82, 2.24) is 5.32 Å². The summed E-state index contributed by atoms with van der Waals surface area (Å²) in [5, 5.41) is 2.88. The van der Waals surface area contributed by atoms with Crippen LogP contribution in [0.1, 0.15) is 16.7 Å². The molecule has 0 fully saturated rings. The van der Waals surface area contributed by atoms with Crippen LogP contribution in [0.15, 0.2) is 46.9 Å². The number of rotatable bonds is 6. The second-order valence-corrected chi connectivity index (χ2v) is 6.14. The lowest BCUT2D eigenvalue weighted by Crippen LogP contribution is -2.29. The predicted molar refractivity (Wildman–Crippen MR) is 92.3 cm³/mol. The molecule has 116 valence electrons. The van der Waals surface area contributed by atoms with Gasteiger partial charge in [0.1, 0.15) is 12.4 Å². The third-order valence-corrected chi connectivity index (χ3v) is 3.89. The lowest BCUT2D eigenvalue weighted by molar-refractivity contribution is -0.120. The van der Waals surface area contributed by atoms with Gasteiger partial charge in [-0.05, 0) is 42.7 Å². The normalized spacial score (nSPS) is 10.3. The molecule has 0 radical (unpaired) electrons. The first-order valence-electron chi connectivity index (χ1n) is 7.26. The Kier molecular flexibility index (Phi) is 6.01. The number of carbonyl (C=O) groups is 1. The molecule has 2 aromatic carbocycles. The lowest BCUT2D eigenvalue weighted by Gasteiger charge is -2.12. The molecule has 0 atom stereocenters. The quantitative estimate of drug-likeness (QED) is 0.794. The number of nitrogens with one attached hydrogen (secondary N) is 1. The highest BCUT2D eigenvalue weighted by Gasteiger charge is 2.05. The average Bonchev–Trinajstić information content (AvgIpc) is 2.48. The van der Waals surface area contributed by atoms with Crippen LogP contribution in [0.5, 0.6) is 5.75 Å². The van der Waals surface area contributed by atoms with E-state index in [0.717, 1.165) is 26.9 Å². The van der Waals surface area contributed by atoms with Crippen LogP contribution in [0.2, 0.25) is 0 Å². The van der Waals surface area contributed by atoms with E-state index in [1.165, 1.54) is 0 Å². The van der Waals surface area contributed by atoms with Crippen LogP contribution >= 0.6 is 15.9 Å². The van der Waals surface area contributed by atoms with Gasteiger partial charge >= 0.3 is 0 Å². The van der Waals surface area contributed by atoms with Crippen molar-refractivity contribution in [3.05, 3.63) is 63.6 Å². The zero-order valence-corrected chi connectivity index (χ0v) is 14.4. The number of aryl methyl sites for hydroxylation is 2. The third-order valence-electron chi connectivity index (χ3n) is 3.36. The summed E-state index contributed by atoms with van der Waals surface area (Å²) in [6, 6.07) is 13.8. The fourth-order valence-corrected chi connectivity index (χ4v) is 2.48. The molecule has 1 N–H and O–H groups in total. The number of hydrogen-bond acceptors (Lipinski definition) is 2. The van der Waals surface area contributed by atoms with Gasteiger partial charge in [-0.1, -0.05) is 46.3 Å². The standard InChI is InChI=1S/C18H20BrNO2/c1-13-4-3-5-14(2)18(13)22-11-10-20-17(21)12-15-6-8-16(19)9-7-15/h3-9H,10-12H2,1-2H3,(H,20,21). The number of carbonyl (C=O) groups excluding carboxylic acids is 1. The van der Waals surface area contributed by atoms with E-state index in [1.54, 1.807) is 0 Å². The summed E-state index contributed by atoms with van der Waals surface area (Å²) in [5.41, 5.74) is 3.22. The summed E-state index contributed by atoms with van der Waals surface area (Å²) in [4.78, 5) is 11.9. The number of benzene rings is 2. The van der Waals surface area contributed by atoms with Crippen molar-refractivity contribution in [2.45, 2.75) is 20.3 Å². The Morgan fingerprint density at radius 3 is 2.36 bits per heavy atom. The molecule has 0 saturated heterocycles. The molecule has 1 amide bonds. The largest absolute Gasteiger partial charge is 0.491 e. The molecule has 0 spiro atoms. The van der Waals surface area contributed by atoms with Crippen LogP contribution in [0, 0.1) is 13.8 Å². The zero-order chi connectivity index (χ0) is 15.9. The van der Waals surface area contributed by atoms with E-state index in [4.69, 9.17) is 4.74 Å². The Bertz CT molecular complexity index is 618. The van der Waals surface area contributed by atoms with Crippen molar-refractivity contribution < 1.29 is 9.53 Å². The van der Waals surface area contributed by atoms with Crippen molar-refractivity contribution in [3.63, 3.8) is 0 Å². The van der Waals surface area contributed by atoms with Crippen LogP contribution in [0.4, 0.5) is 0 Å². The van der Waals surface area contributed by atoms with Gasteiger partial charge in [-0.25, -0.2) is 0 Å².